The van der Waals surface area contributed by atoms with E-state index in [2.05, 4.69) is 0 Å². The number of hydrogen-bond acceptors (Lipinski definition) is 3. The third-order valence-electron chi connectivity index (χ3n) is 3.26. The molecule has 3 aromatic rings. The van der Waals surface area contributed by atoms with Gasteiger partial charge in [0.1, 0.15) is 18.5 Å². The van der Waals surface area contributed by atoms with Crippen LogP contribution in [-0.2, 0) is 6.61 Å². The summed E-state index contributed by atoms with van der Waals surface area (Å²) in [6.07, 6.45) is -0.562. The van der Waals surface area contributed by atoms with Gasteiger partial charge in [-0.3, -0.25) is 0 Å². The summed E-state index contributed by atoms with van der Waals surface area (Å²) in [4.78, 5) is 0.952. The molecule has 1 aromatic heterocycles. The van der Waals surface area contributed by atoms with Crippen molar-refractivity contribution >= 4 is 11.3 Å². The van der Waals surface area contributed by atoms with Crippen LogP contribution < -0.4 is 4.74 Å². The van der Waals surface area contributed by atoms with E-state index in [-0.39, 0.29) is 0 Å². The molecule has 21 heavy (non-hydrogen) atoms. The Bertz CT molecular complexity index is 660. The van der Waals surface area contributed by atoms with E-state index < -0.39 is 6.10 Å². The number of benzene rings is 2. The summed E-state index contributed by atoms with van der Waals surface area (Å²) in [5.41, 5.74) is 2.02. The molecule has 0 saturated heterocycles. The molecule has 0 fully saturated rings. The van der Waals surface area contributed by atoms with Gasteiger partial charge in [0.25, 0.3) is 0 Å². The van der Waals surface area contributed by atoms with Crippen LogP contribution in [-0.4, -0.2) is 5.11 Å². The van der Waals surface area contributed by atoms with Crippen molar-refractivity contribution in [2.75, 3.05) is 0 Å². The van der Waals surface area contributed by atoms with Crippen molar-refractivity contribution in [3.8, 4) is 5.75 Å². The number of rotatable bonds is 5. The maximum absolute atomic E-state index is 10.2. The Hall–Kier alpha value is -2.10. The smallest absolute Gasteiger partial charge is 0.119 e. The summed E-state index contributed by atoms with van der Waals surface area (Å²) in [6.45, 7) is 0.549. The third kappa shape index (κ3) is 3.51. The second-order valence-corrected chi connectivity index (χ2v) is 5.74. The standard InChI is InChI=1S/C18H16O2S/c19-18(17-7-4-12-21-17)15-8-10-16(11-9-15)20-13-14-5-2-1-3-6-14/h1-12,18-19H,13H2. The van der Waals surface area contributed by atoms with Crippen molar-refractivity contribution in [1.29, 1.82) is 0 Å². The molecule has 2 nitrogen and oxygen atoms in total. The van der Waals surface area contributed by atoms with Crippen LogP contribution in [0.2, 0.25) is 0 Å². The molecule has 0 aliphatic heterocycles. The Balaban J connectivity index is 1.64. The Morgan fingerprint density at radius 2 is 1.67 bits per heavy atom. The second kappa shape index (κ2) is 6.57. The van der Waals surface area contributed by atoms with E-state index in [1.165, 1.54) is 0 Å². The fourth-order valence-corrected chi connectivity index (χ4v) is 2.83. The predicted molar refractivity (Wildman–Crippen MR) is 85.6 cm³/mol. The molecule has 2 aromatic carbocycles. The summed E-state index contributed by atoms with van der Waals surface area (Å²) < 4.78 is 5.74. The van der Waals surface area contributed by atoms with Gasteiger partial charge in [0, 0.05) is 4.88 Å². The minimum Gasteiger partial charge on any atom is -0.489 e. The lowest BCUT2D eigenvalue weighted by atomic mass is 10.1. The minimum absolute atomic E-state index is 0.549. The van der Waals surface area contributed by atoms with Gasteiger partial charge in [-0.1, -0.05) is 48.5 Å². The molecular formula is C18H16O2S. The summed E-state index contributed by atoms with van der Waals surface area (Å²) >= 11 is 1.56. The van der Waals surface area contributed by atoms with Crippen molar-refractivity contribution in [3.63, 3.8) is 0 Å². The topological polar surface area (TPSA) is 29.5 Å². The summed E-state index contributed by atoms with van der Waals surface area (Å²) in [5.74, 6) is 0.806. The van der Waals surface area contributed by atoms with Gasteiger partial charge in [0.2, 0.25) is 0 Å². The fourth-order valence-electron chi connectivity index (χ4n) is 2.10. The molecule has 0 aliphatic carbocycles. The van der Waals surface area contributed by atoms with E-state index in [0.717, 1.165) is 21.8 Å². The maximum Gasteiger partial charge on any atom is 0.119 e. The van der Waals surface area contributed by atoms with Crippen molar-refractivity contribution in [1.82, 2.24) is 0 Å². The predicted octanol–water partition coefficient (Wildman–Crippen LogP) is 4.41. The lowest BCUT2D eigenvalue weighted by molar-refractivity contribution is 0.224. The van der Waals surface area contributed by atoms with Gasteiger partial charge in [0.15, 0.2) is 0 Å². The average molecular weight is 296 g/mol. The average Bonchev–Trinajstić information content (AvgIpc) is 3.08. The lowest BCUT2D eigenvalue weighted by Gasteiger charge is -2.11. The highest BCUT2D eigenvalue weighted by atomic mass is 32.1. The first-order valence-corrected chi connectivity index (χ1v) is 7.69. The molecule has 0 saturated carbocycles. The summed E-state index contributed by atoms with van der Waals surface area (Å²) in [6, 6.07) is 21.6. The molecule has 0 bridgehead atoms. The molecule has 0 radical (unpaired) electrons. The number of thiophene rings is 1. The van der Waals surface area contributed by atoms with Crippen molar-refractivity contribution in [2.24, 2.45) is 0 Å². The lowest BCUT2D eigenvalue weighted by Crippen LogP contribution is -1.98. The Kier molecular flexibility index (Phi) is 4.34. The van der Waals surface area contributed by atoms with Gasteiger partial charge in [-0.15, -0.1) is 11.3 Å². The van der Waals surface area contributed by atoms with Crippen LogP contribution in [0.5, 0.6) is 5.75 Å². The number of aliphatic hydroxyl groups is 1. The van der Waals surface area contributed by atoms with E-state index >= 15 is 0 Å². The molecule has 106 valence electrons. The molecule has 0 amide bonds. The van der Waals surface area contributed by atoms with Crippen molar-refractivity contribution < 1.29 is 9.84 Å². The van der Waals surface area contributed by atoms with E-state index in [0.29, 0.717) is 6.61 Å². The molecule has 0 aliphatic rings. The van der Waals surface area contributed by atoms with Crippen molar-refractivity contribution in [3.05, 3.63) is 88.1 Å². The maximum atomic E-state index is 10.2. The zero-order valence-electron chi connectivity index (χ0n) is 11.5. The molecule has 1 atom stereocenters. The number of hydrogen-bond donors (Lipinski definition) is 1. The van der Waals surface area contributed by atoms with Crippen molar-refractivity contribution in [2.45, 2.75) is 12.7 Å². The molecular weight excluding hydrogens is 280 g/mol. The van der Waals surface area contributed by atoms with Crippen LogP contribution in [0.3, 0.4) is 0 Å². The van der Waals surface area contributed by atoms with Gasteiger partial charge in [-0.2, -0.15) is 0 Å². The Morgan fingerprint density at radius 1 is 0.905 bits per heavy atom. The van der Waals surface area contributed by atoms with Crippen LogP contribution in [0.25, 0.3) is 0 Å². The molecule has 0 spiro atoms. The van der Waals surface area contributed by atoms with Gasteiger partial charge in [-0.25, -0.2) is 0 Å². The van der Waals surface area contributed by atoms with E-state index in [9.17, 15) is 5.11 Å². The first kappa shape index (κ1) is 13.9. The highest BCUT2D eigenvalue weighted by molar-refractivity contribution is 7.10. The van der Waals surface area contributed by atoms with Crippen LogP contribution in [0, 0.1) is 0 Å². The van der Waals surface area contributed by atoms with Crippen LogP contribution in [0.4, 0.5) is 0 Å². The minimum atomic E-state index is -0.562. The van der Waals surface area contributed by atoms with E-state index in [1.54, 1.807) is 11.3 Å². The number of aliphatic hydroxyl groups excluding tert-OH is 1. The summed E-state index contributed by atoms with van der Waals surface area (Å²) in [7, 11) is 0. The van der Waals surface area contributed by atoms with Gasteiger partial charge in [-0.05, 0) is 34.7 Å². The second-order valence-electron chi connectivity index (χ2n) is 4.76. The van der Waals surface area contributed by atoms with Gasteiger partial charge >= 0.3 is 0 Å². The molecule has 1 N–H and O–H groups in total. The highest BCUT2D eigenvalue weighted by Gasteiger charge is 2.11. The fraction of sp³-hybridized carbons (Fsp3) is 0.111. The van der Waals surface area contributed by atoms with Crippen LogP contribution in [0.1, 0.15) is 22.1 Å². The quantitative estimate of drug-likeness (QED) is 0.755. The normalized spacial score (nSPS) is 12.0. The molecule has 1 heterocycles. The summed E-state index contributed by atoms with van der Waals surface area (Å²) in [5, 5.41) is 12.2. The largest absolute Gasteiger partial charge is 0.489 e. The van der Waals surface area contributed by atoms with E-state index in [1.807, 2.05) is 72.1 Å². The first-order valence-electron chi connectivity index (χ1n) is 6.81. The molecule has 3 rings (SSSR count). The Labute approximate surface area is 128 Å². The van der Waals surface area contributed by atoms with Crippen LogP contribution in [0.15, 0.2) is 72.1 Å². The first-order chi connectivity index (χ1) is 10.3. The highest BCUT2D eigenvalue weighted by Crippen LogP contribution is 2.27. The molecule has 3 heteroatoms. The van der Waals surface area contributed by atoms with Crippen LogP contribution >= 0.6 is 11.3 Å². The Morgan fingerprint density at radius 3 is 2.33 bits per heavy atom. The van der Waals surface area contributed by atoms with E-state index in [4.69, 9.17) is 4.74 Å². The zero-order valence-corrected chi connectivity index (χ0v) is 12.3. The van der Waals surface area contributed by atoms with Gasteiger partial charge < -0.3 is 9.84 Å². The monoisotopic (exact) mass is 296 g/mol. The third-order valence-corrected chi connectivity index (χ3v) is 4.18. The van der Waals surface area contributed by atoms with Gasteiger partial charge in [0.05, 0.1) is 0 Å². The SMILES string of the molecule is OC(c1ccc(OCc2ccccc2)cc1)c1cccs1. The zero-order chi connectivity index (χ0) is 14.5. The number of ether oxygens (including phenoxy) is 1. The molecule has 1 unspecified atom stereocenters.